The molecule has 1 atom stereocenters. The number of aromatic nitrogens is 1. The summed E-state index contributed by atoms with van der Waals surface area (Å²) in [5, 5.41) is 3.56. The van der Waals surface area contributed by atoms with Gasteiger partial charge in [0.1, 0.15) is 0 Å². The van der Waals surface area contributed by atoms with Crippen LogP contribution < -0.4 is 5.32 Å². The van der Waals surface area contributed by atoms with Gasteiger partial charge >= 0.3 is 0 Å². The van der Waals surface area contributed by atoms with Crippen molar-refractivity contribution < 1.29 is 0 Å². The third-order valence-corrected chi connectivity index (χ3v) is 3.38. The van der Waals surface area contributed by atoms with Crippen LogP contribution in [0.15, 0.2) is 24.5 Å². The highest BCUT2D eigenvalue weighted by atomic mass is 14.9. The van der Waals surface area contributed by atoms with Crippen molar-refractivity contribution in [1.29, 1.82) is 0 Å². The highest BCUT2D eigenvalue weighted by Crippen LogP contribution is 2.19. The molecule has 1 aromatic rings. The van der Waals surface area contributed by atoms with Crippen LogP contribution in [-0.2, 0) is 0 Å². The van der Waals surface area contributed by atoms with Crippen LogP contribution in [0, 0.1) is 0 Å². The largest absolute Gasteiger partial charge is 0.310 e. The van der Waals surface area contributed by atoms with Gasteiger partial charge in [0.15, 0.2) is 0 Å². The van der Waals surface area contributed by atoms with Gasteiger partial charge < -0.3 is 5.32 Å². The summed E-state index contributed by atoms with van der Waals surface area (Å²) in [4.78, 5) is 4.22. The van der Waals surface area contributed by atoms with Gasteiger partial charge in [0, 0.05) is 18.4 Å². The van der Waals surface area contributed by atoms with Gasteiger partial charge in [-0.2, -0.15) is 0 Å². The van der Waals surface area contributed by atoms with Gasteiger partial charge in [-0.15, -0.1) is 0 Å². The van der Waals surface area contributed by atoms with E-state index in [-0.39, 0.29) is 0 Å². The van der Waals surface area contributed by atoms with Crippen molar-refractivity contribution >= 4 is 0 Å². The quantitative estimate of drug-likeness (QED) is 0.617. The number of hydrogen-bond donors (Lipinski definition) is 1. The van der Waals surface area contributed by atoms with E-state index in [1.807, 2.05) is 18.5 Å². The van der Waals surface area contributed by atoms with Gasteiger partial charge in [-0.3, -0.25) is 4.98 Å². The van der Waals surface area contributed by atoms with E-state index in [1.165, 1.54) is 50.5 Å². The van der Waals surface area contributed by atoms with Crippen LogP contribution in [0.1, 0.15) is 70.4 Å². The predicted molar refractivity (Wildman–Crippen MR) is 78.6 cm³/mol. The van der Waals surface area contributed by atoms with Crippen LogP contribution in [0.2, 0.25) is 0 Å². The molecule has 102 valence electrons. The zero-order valence-electron chi connectivity index (χ0n) is 12.0. The highest BCUT2D eigenvalue weighted by molar-refractivity contribution is 5.13. The van der Waals surface area contributed by atoms with Crippen LogP contribution in [0.4, 0.5) is 0 Å². The molecule has 0 radical (unpaired) electrons. The summed E-state index contributed by atoms with van der Waals surface area (Å²) >= 11 is 0. The molecule has 0 aliphatic heterocycles. The Kier molecular flexibility index (Phi) is 8.49. The van der Waals surface area contributed by atoms with E-state index < -0.39 is 0 Å². The van der Waals surface area contributed by atoms with Crippen LogP contribution in [-0.4, -0.2) is 11.5 Å². The van der Waals surface area contributed by atoms with Crippen LogP contribution in [0.3, 0.4) is 0 Å². The highest BCUT2D eigenvalue weighted by Gasteiger charge is 2.09. The standard InChI is InChI=1S/C16H28N2/c1-3-5-6-7-8-9-12-16(18-4-2)15-11-10-13-17-14-15/h10-11,13-14,16,18H,3-9,12H2,1-2H3. The van der Waals surface area contributed by atoms with E-state index in [0.717, 1.165) is 6.54 Å². The Morgan fingerprint density at radius 3 is 2.56 bits per heavy atom. The fourth-order valence-corrected chi connectivity index (χ4v) is 2.34. The molecule has 0 spiro atoms. The van der Waals surface area contributed by atoms with E-state index in [1.54, 1.807) is 0 Å². The molecular formula is C16H28N2. The molecule has 1 N–H and O–H groups in total. The fourth-order valence-electron chi connectivity index (χ4n) is 2.34. The minimum Gasteiger partial charge on any atom is -0.310 e. The Balaban J connectivity index is 2.26. The van der Waals surface area contributed by atoms with Gasteiger partial charge in [0.2, 0.25) is 0 Å². The smallest absolute Gasteiger partial charge is 0.0335 e. The second-order valence-corrected chi connectivity index (χ2v) is 4.95. The summed E-state index contributed by atoms with van der Waals surface area (Å²) in [6.45, 7) is 5.46. The normalized spacial score (nSPS) is 12.6. The van der Waals surface area contributed by atoms with Gasteiger partial charge in [0.05, 0.1) is 0 Å². The number of pyridine rings is 1. The van der Waals surface area contributed by atoms with Gasteiger partial charge in [0.25, 0.3) is 0 Å². The first kappa shape index (κ1) is 15.2. The van der Waals surface area contributed by atoms with Crippen LogP contribution in [0.5, 0.6) is 0 Å². The molecule has 0 saturated carbocycles. The number of hydrogen-bond acceptors (Lipinski definition) is 2. The maximum atomic E-state index is 4.22. The third kappa shape index (κ3) is 6.15. The molecule has 0 bridgehead atoms. The lowest BCUT2D eigenvalue weighted by Crippen LogP contribution is -2.20. The van der Waals surface area contributed by atoms with Gasteiger partial charge in [-0.05, 0) is 24.6 Å². The number of nitrogens with one attached hydrogen (secondary N) is 1. The molecule has 18 heavy (non-hydrogen) atoms. The molecule has 0 aliphatic rings. The fraction of sp³-hybridized carbons (Fsp3) is 0.688. The van der Waals surface area contributed by atoms with Gasteiger partial charge in [-0.25, -0.2) is 0 Å². The Hall–Kier alpha value is -0.890. The number of unbranched alkanes of at least 4 members (excludes halogenated alkanes) is 5. The monoisotopic (exact) mass is 248 g/mol. The predicted octanol–water partition coefficient (Wildman–Crippen LogP) is 4.48. The van der Waals surface area contributed by atoms with Crippen molar-refractivity contribution in [1.82, 2.24) is 10.3 Å². The molecule has 2 nitrogen and oxygen atoms in total. The molecule has 0 amide bonds. The Morgan fingerprint density at radius 2 is 1.89 bits per heavy atom. The lowest BCUT2D eigenvalue weighted by molar-refractivity contribution is 0.476. The lowest BCUT2D eigenvalue weighted by atomic mass is 10.0. The summed E-state index contributed by atoms with van der Waals surface area (Å²) in [6, 6.07) is 4.69. The van der Waals surface area contributed by atoms with E-state index >= 15 is 0 Å². The summed E-state index contributed by atoms with van der Waals surface area (Å²) in [5.74, 6) is 0. The average molecular weight is 248 g/mol. The van der Waals surface area contributed by atoms with Crippen molar-refractivity contribution in [3.8, 4) is 0 Å². The summed E-state index contributed by atoms with van der Waals surface area (Å²) in [6.07, 6.45) is 13.2. The Labute approximate surface area is 112 Å². The first-order chi connectivity index (χ1) is 8.88. The second-order valence-electron chi connectivity index (χ2n) is 4.95. The topological polar surface area (TPSA) is 24.9 Å². The van der Waals surface area contributed by atoms with Crippen molar-refractivity contribution in [2.45, 2.75) is 64.8 Å². The first-order valence-corrected chi connectivity index (χ1v) is 7.51. The SMILES string of the molecule is CCCCCCCCC(NCC)c1cccnc1. The minimum atomic E-state index is 0.481. The van der Waals surface area contributed by atoms with Crippen molar-refractivity contribution in [3.05, 3.63) is 30.1 Å². The Morgan fingerprint density at radius 1 is 1.11 bits per heavy atom. The molecule has 2 heteroatoms. The molecule has 0 saturated heterocycles. The zero-order valence-corrected chi connectivity index (χ0v) is 12.0. The van der Waals surface area contributed by atoms with Crippen LogP contribution in [0.25, 0.3) is 0 Å². The number of nitrogens with zero attached hydrogens (tertiary/aromatic N) is 1. The third-order valence-electron chi connectivity index (χ3n) is 3.38. The second kappa shape index (κ2) is 10.1. The molecule has 0 fully saturated rings. The Bertz CT molecular complexity index is 284. The lowest BCUT2D eigenvalue weighted by Gasteiger charge is -2.17. The molecule has 1 rings (SSSR count). The molecular weight excluding hydrogens is 220 g/mol. The van der Waals surface area contributed by atoms with Crippen molar-refractivity contribution in [3.63, 3.8) is 0 Å². The summed E-state index contributed by atoms with van der Waals surface area (Å²) in [5.41, 5.74) is 1.33. The number of rotatable bonds is 10. The van der Waals surface area contributed by atoms with E-state index in [0.29, 0.717) is 6.04 Å². The molecule has 1 heterocycles. The molecule has 1 unspecified atom stereocenters. The minimum absolute atomic E-state index is 0.481. The maximum absolute atomic E-state index is 4.22. The zero-order chi connectivity index (χ0) is 13.1. The van der Waals surface area contributed by atoms with E-state index in [4.69, 9.17) is 0 Å². The maximum Gasteiger partial charge on any atom is 0.0335 e. The van der Waals surface area contributed by atoms with Crippen molar-refractivity contribution in [2.24, 2.45) is 0 Å². The molecule has 1 aromatic heterocycles. The van der Waals surface area contributed by atoms with E-state index in [9.17, 15) is 0 Å². The van der Waals surface area contributed by atoms with Gasteiger partial charge in [-0.1, -0.05) is 58.4 Å². The summed E-state index contributed by atoms with van der Waals surface area (Å²) in [7, 11) is 0. The summed E-state index contributed by atoms with van der Waals surface area (Å²) < 4.78 is 0. The molecule has 0 aliphatic carbocycles. The first-order valence-electron chi connectivity index (χ1n) is 7.51. The van der Waals surface area contributed by atoms with Crippen LogP contribution >= 0.6 is 0 Å². The average Bonchev–Trinajstić information content (AvgIpc) is 2.42. The molecule has 0 aromatic carbocycles. The van der Waals surface area contributed by atoms with E-state index in [2.05, 4.69) is 30.2 Å². The van der Waals surface area contributed by atoms with Crippen molar-refractivity contribution in [2.75, 3.05) is 6.54 Å².